The monoisotopic (exact) mass is 377 g/mol. The van der Waals surface area contributed by atoms with Crippen LogP contribution in [0.1, 0.15) is 46.9 Å². The van der Waals surface area contributed by atoms with Gasteiger partial charge in [-0.25, -0.2) is 0 Å². The maximum Gasteiger partial charge on any atom is 0.255 e. The minimum atomic E-state index is -0.338. The molecule has 130 valence electrons. The molecule has 3 rings (SSSR count). The zero-order valence-corrected chi connectivity index (χ0v) is 15.2. The third-order valence-electron chi connectivity index (χ3n) is 4.15. The molecule has 0 radical (unpaired) electrons. The molecule has 1 fully saturated rings. The number of ether oxygens (including phenoxy) is 1. The van der Waals surface area contributed by atoms with Gasteiger partial charge in [-0.2, -0.15) is 0 Å². The van der Waals surface area contributed by atoms with Gasteiger partial charge in [-0.05, 0) is 62.6 Å². The summed E-state index contributed by atoms with van der Waals surface area (Å²) in [6.45, 7) is 1.49. The van der Waals surface area contributed by atoms with Gasteiger partial charge in [0.1, 0.15) is 0 Å². The Balaban J connectivity index is 1.74. The maximum atomic E-state index is 12.4. The zero-order chi connectivity index (χ0) is 18.0. The van der Waals surface area contributed by atoms with Crippen LogP contribution in [0.25, 0.3) is 0 Å². The first-order chi connectivity index (χ1) is 11.9. The standard InChI is InChI=1S/C19H17Cl2NO3/c1-11(23)12-5-7-14(8-6-12)22-19(24)13-9-16(20)18(17(21)10-13)25-15-3-2-4-15/h5-10,15H,2-4H2,1H3,(H,22,24). The Kier molecular flexibility index (Phi) is 5.30. The van der Waals surface area contributed by atoms with Crippen LogP contribution in [-0.2, 0) is 0 Å². The molecule has 2 aromatic rings. The van der Waals surface area contributed by atoms with Crippen LogP contribution >= 0.6 is 23.2 Å². The Morgan fingerprint density at radius 2 is 1.64 bits per heavy atom. The SMILES string of the molecule is CC(=O)c1ccc(NC(=O)c2cc(Cl)c(OC3CCC3)c(Cl)c2)cc1. The number of carbonyl (C=O) groups is 2. The van der Waals surface area contributed by atoms with Gasteiger partial charge in [0.25, 0.3) is 5.91 Å². The molecule has 0 spiro atoms. The molecule has 0 unspecified atom stereocenters. The van der Waals surface area contributed by atoms with Crippen molar-refractivity contribution in [3.63, 3.8) is 0 Å². The van der Waals surface area contributed by atoms with E-state index in [1.54, 1.807) is 36.4 Å². The minimum Gasteiger partial charge on any atom is -0.487 e. The lowest BCUT2D eigenvalue weighted by atomic mass is 9.96. The molecule has 25 heavy (non-hydrogen) atoms. The number of hydrogen-bond acceptors (Lipinski definition) is 3. The van der Waals surface area contributed by atoms with Crippen LogP contribution in [0.3, 0.4) is 0 Å². The molecule has 1 N–H and O–H groups in total. The lowest BCUT2D eigenvalue weighted by Gasteiger charge is -2.27. The number of carbonyl (C=O) groups excluding carboxylic acids is 2. The van der Waals surface area contributed by atoms with E-state index in [1.807, 2.05) is 0 Å². The summed E-state index contributed by atoms with van der Waals surface area (Å²) in [5.41, 5.74) is 1.50. The fraction of sp³-hybridized carbons (Fsp3) is 0.263. The quantitative estimate of drug-likeness (QED) is 0.711. The third kappa shape index (κ3) is 4.14. The number of ketones is 1. The van der Waals surface area contributed by atoms with Crippen LogP contribution < -0.4 is 10.1 Å². The molecule has 1 aliphatic carbocycles. The van der Waals surface area contributed by atoms with E-state index < -0.39 is 0 Å². The molecule has 0 aromatic heterocycles. The van der Waals surface area contributed by atoms with E-state index in [1.165, 1.54) is 6.92 Å². The number of nitrogens with one attached hydrogen (secondary N) is 1. The average Bonchev–Trinajstić information content (AvgIpc) is 2.52. The first-order valence-corrected chi connectivity index (χ1v) is 8.77. The Hall–Kier alpha value is -2.04. The highest BCUT2D eigenvalue weighted by molar-refractivity contribution is 6.37. The van der Waals surface area contributed by atoms with Gasteiger partial charge < -0.3 is 10.1 Å². The van der Waals surface area contributed by atoms with E-state index in [9.17, 15) is 9.59 Å². The van der Waals surface area contributed by atoms with Crippen molar-refractivity contribution < 1.29 is 14.3 Å². The van der Waals surface area contributed by atoms with E-state index in [4.69, 9.17) is 27.9 Å². The summed E-state index contributed by atoms with van der Waals surface area (Å²) in [5.74, 6) is 0.0588. The molecule has 0 heterocycles. The Labute approximate surface area is 156 Å². The lowest BCUT2D eigenvalue weighted by molar-refractivity contribution is 0.101. The smallest absolute Gasteiger partial charge is 0.255 e. The number of benzene rings is 2. The first-order valence-electron chi connectivity index (χ1n) is 8.02. The fourth-order valence-corrected chi connectivity index (χ4v) is 3.03. The van der Waals surface area contributed by atoms with Gasteiger partial charge in [0.15, 0.2) is 11.5 Å². The van der Waals surface area contributed by atoms with E-state index >= 15 is 0 Å². The summed E-state index contributed by atoms with van der Waals surface area (Å²) >= 11 is 12.5. The highest BCUT2D eigenvalue weighted by Crippen LogP contribution is 2.37. The molecule has 0 bridgehead atoms. The summed E-state index contributed by atoms with van der Waals surface area (Å²) < 4.78 is 5.77. The molecule has 0 atom stereocenters. The summed E-state index contributed by atoms with van der Waals surface area (Å²) in [5, 5.41) is 3.39. The number of amides is 1. The second kappa shape index (κ2) is 7.46. The predicted octanol–water partition coefficient (Wildman–Crippen LogP) is 5.38. The van der Waals surface area contributed by atoms with Crippen molar-refractivity contribution in [1.82, 2.24) is 0 Å². The van der Waals surface area contributed by atoms with Crippen molar-refractivity contribution >= 4 is 40.6 Å². The normalized spacial score (nSPS) is 13.9. The highest BCUT2D eigenvalue weighted by Gasteiger charge is 2.22. The number of hydrogen-bond donors (Lipinski definition) is 1. The number of rotatable bonds is 5. The molecular weight excluding hydrogens is 361 g/mol. The molecule has 1 amide bonds. The Morgan fingerprint density at radius 1 is 1.04 bits per heavy atom. The third-order valence-corrected chi connectivity index (χ3v) is 4.71. The fourth-order valence-electron chi connectivity index (χ4n) is 2.45. The molecule has 1 aliphatic rings. The van der Waals surface area contributed by atoms with Crippen molar-refractivity contribution in [1.29, 1.82) is 0 Å². The number of halogens is 2. The van der Waals surface area contributed by atoms with E-state index in [0.29, 0.717) is 32.6 Å². The first kappa shape index (κ1) is 17.8. The van der Waals surface area contributed by atoms with E-state index in [2.05, 4.69) is 5.32 Å². The second-order valence-corrected chi connectivity index (χ2v) is 6.84. The Morgan fingerprint density at radius 3 is 2.12 bits per heavy atom. The van der Waals surface area contributed by atoms with Crippen molar-refractivity contribution in [2.24, 2.45) is 0 Å². The second-order valence-electron chi connectivity index (χ2n) is 6.03. The van der Waals surface area contributed by atoms with Crippen LogP contribution in [0.5, 0.6) is 5.75 Å². The molecular formula is C19H17Cl2NO3. The summed E-state index contributed by atoms with van der Waals surface area (Å²) in [7, 11) is 0. The minimum absolute atomic E-state index is 0.0292. The van der Waals surface area contributed by atoms with Crippen molar-refractivity contribution in [3.8, 4) is 5.75 Å². The summed E-state index contributed by atoms with van der Waals surface area (Å²) in [6.07, 6.45) is 3.27. The van der Waals surface area contributed by atoms with Gasteiger partial charge in [0.2, 0.25) is 0 Å². The molecule has 0 aliphatic heterocycles. The van der Waals surface area contributed by atoms with Crippen LogP contribution in [0.2, 0.25) is 10.0 Å². The predicted molar refractivity (Wildman–Crippen MR) is 99.1 cm³/mol. The van der Waals surface area contributed by atoms with Gasteiger partial charge in [-0.1, -0.05) is 23.2 Å². The molecule has 6 heteroatoms. The van der Waals surface area contributed by atoms with E-state index in [0.717, 1.165) is 19.3 Å². The van der Waals surface area contributed by atoms with Gasteiger partial charge in [-0.3, -0.25) is 9.59 Å². The van der Waals surface area contributed by atoms with Gasteiger partial charge in [0.05, 0.1) is 16.1 Å². The van der Waals surface area contributed by atoms with Crippen molar-refractivity contribution in [2.75, 3.05) is 5.32 Å². The molecule has 1 saturated carbocycles. The highest BCUT2D eigenvalue weighted by atomic mass is 35.5. The zero-order valence-electron chi connectivity index (χ0n) is 13.6. The number of Topliss-reactive ketones (excluding diaryl/α,β-unsaturated/α-hetero) is 1. The Bertz CT molecular complexity index is 791. The van der Waals surface area contributed by atoms with Crippen LogP contribution in [0.15, 0.2) is 36.4 Å². The van der Waals surface area contributed by atoms with Gasteiger partial charge in [-0.15, -0.1) is 0 Å². The van der Waals surface area contributed by atoms with E-state index in [-0.39, 0.29) is 17.8 Å². The van der Waals surface area contributed by atoms with Crippen LogP contribution in [-0.4, -0.2) is 17.8 Å². The van der Waals surface area contributed by atoms with Crippen LogP contribution in [0.4, 0.5) is 5.69 Å². The largest absolute Gasteiger partial charge is 0.487 e. The maximum absolute atomic E-state index is 12.4. The summed E-state index contributed by atoms with van der Waals surface area (Å²) in [6, 6.07) is 9.75. The molecule has 0 saturated heterocycles. The topological polar surface area (TPSA) is 55.4 Å². The average molecular weight is 378 g/mol. The van der Waals surface area contributed by atoms with Gasteiger partial charge >= 0.3 is 0 Å². The summed E-state index contributed by atoms with van der Waals surface area (Å²) in [4.78, 5) is 23.7. The lowest BCUT2D eigenvalue weighted by Crippen LogP contribution is -2.25. The van der Waals surface area contributed by atoms with Crippen molar-refractivity contribution in [2.45, 2.75) is 32.3 Å². The number of anilines is 1. The molecule has 2 aromatic carbocycles. The van der Waals surface area contributed by atoms with Gasteiger partial charge in [0, 0.05) is 16.8 Å². The molecule has 4 nitrogen and oxygen atoms in total. The van der Waals surface area contributed by atoms with Crippen LogP contribution in [0, 0.1) is 0 Å². The van der Waals surface area contributed by atoms with Crippen molar-refractivity contribution in [3.05, 3.63) is 57.6 Å².